The van der Waals surface area contributed by atoms with Crippen molar-refractivity contribution in [3.8, 4) is 12.3 Å². The van der Waals surface area contributed by atoms with Gasteiger partial charge in [0, 0.05) is 10.5 Å². The smallest absolute Gasteiger partial charge is 0.337 e. The molecule has 0 aliphatic rings. The molecule has 2 nitrogen and oxygen atoms in total. The Morgan fingerprint density at radius 2 is 2.23 bits per heavy atom. The van der Waals surface area contributed by atoms with Crippen LogP contribution in [0.25, 0.3) is 0 Å². The van der Waals surface area contributed by atoms with Gasteiger partial charge in [0.2, 0.25) is 0 Å². The van der Waals surface area contributed by atoms with Gasteiger partial charge in [0.25, 0.3) is 0 Å². The van der Waals surface area contributed by atoms with Crippen molar-refractivity contribution in [2.24, 2.45) is 0 Å². The van der Waals surface area contributed by atoms with Crippen molar-refractivity contribution in [1.29, 1.82) is 0 Å². The van der Waals surface area contributed by atoms with Crippen LogP contribution in [-0.2, 0) is 4.74 Å². The molecule has 0 amide bonds. The lowest BCUT2D eigenvalue weighted by atomic mass is 10.1. The molecule has 0 radical (unpaired) electrons. The molecule has 0 aromatic heterocycles. The lowest BCUT2D eigenvalue weighted by Gasteiger charge is -2.01. The van der Waals surface area contributed by atoms with Crippen LogP contribution in [0, 0.1) is 12.3 Å². The summed E-state index contributed by atoms with van der Waals surface area (Å²) in [4.78, 5) is 11.8. The summed E-state index contributed by atoms with van der Waals surface area (Å²) in [5.74, 6) is 2.02. The Bertz CT molecular complexity index is 377. The molecule has 1 aromatic carbocycles. The number of hydrogen-bond acceptors (Lipinski definition) is 3. The molecule has 1 rings (SSSR count). The number of carbonyl (C=O) groups is 1. The average Bonchev–Trinajstić information content (AvgIpc) is 2.15. The van der Waals surface area contributed by atoms with E-state index in [4.69, 9.17) is 6.42 Å². The van der Waals surface area contributed by atoms with Crippen molar-refractivity contribution in [3.63, 3.8) is 0 Å². The number of esters is 1. The van der Waals surface area contributed by atoms with Gasteiger partial charge < -0.3 is 4.74 Å². The standard InChI is InChI=1S/C10H8O2S/c1-3-7-4-8(10(11)12-2)6-9(13)5-7/h1,4-6,13H,2H3. The highest BCUT2D eigenvalue weighted by Crippen LogP contribution is 2.13. The Balaban J connectivity index is 3.17. The number of terminal acetylenes is 1. The Hall–Kier alpha value is -1.40. The minimum absolute atomic E-state index is 0.410. The number of rotatable bonds is 1. The monoisotopic (exact) mass is 192 g/mol. The van der Waals surface area contributed by atoms with E-state index in [1.165, 1.54) is 7.11 Å². The molecular weight excluding hydrogens is 184 g/mol. The van der Waals surface area contributed by atoms with Crippen LogP contribution in [0.3, 0.4) is 0 Å². The van der Waals surface area contributed by atoms with Crippen molar-refractivity contribution in [3.05, 3.63) is 29.3 Å². The summed E-state index contributed by atoms with van der Waals surface area (Å²) in [7, 11) is 1.32. The molecule has 0 spiro atoms. The number of thiol groups is 1. The van der Waals surface area contributed by atoms with Crippen molar-refractivity contribution >= 4 is 18.6 Å². The Morgan fingerprint density at radius 1 is 1.54 bits per heavy atom. The van der Waals surface area contributed by atoms with Crippen LogP contribution in [0.1, 0.15) is 15.9 Å². The van der Waals surface area contributed by atoms with Crippen molar-refractivity contribution in [2.75, 3.05) is 7.11 Å². The lowest BCUT2D eigenvalue weighted by molar-refractivity contribution is 0.0600. The quantitative estimate of drug-likeness (QED) is 0.417. The molecule has 0 fully saturated rings. The van der Waals surface area contributed by atoms with E-state index in [1.807, 2.05) is 0 Å². The molecule has 0 atom stereocenters. The fourth-order valence-corrected chi connectivity index (χ4v) is 1.21. The van der Waals surface area contributed by atoms with Crippen LogP contribution in [0.15, 0.2) is 23.1 Å². The van der Waals surface area contributed by atoms with E-state index in [1.54, 1.807) is 18.2 Å². The number of methoxy groups -OCH3 is 1. The first-order chi connectivity index (χ1) is 6.17. The highest BCUT2D eigenvalue weighted by Gasteiger charge is 2.06. The van der Waals surface area contributed by atoms with Crippen molar-refractivity contribution < 1.29 is 9.53 Å². The fourth-order valence-electron chi connectivity index (χ4n) is 0.930. The number of benzene rings is 1. The second-order valence-electron chi connectivity index (χ2n) is 2.40. The summed E-state index contributed by atoms with van der Waals surface area (Å²) in [6.07, 6.45) is 5.19. The Kier molecular flexibility index (Phi) is 2.99. The maximum Gasteiger partial charge on any atom is 0.337 e. The van der Waals surface area contributed by atoms with Crippen LogP contribution in [0.4, 0.5) is 0 Å². The maximum absolute atomic E-state index is 11.1. The minimum atomic E-state index is -0.410. The van der Waals surface area contributed by atoms with Gasteiger partial charge in [-0.2, -0.15) is 0 Å². The van der Waals surface area contributed by atoms with E-state index in [0.29, 0.717) is 16.0 Å². The summed E-state index contributed by atoms with van der Waals surface area (Å²) in [6.45, 7) is 0. The first-order valence-corrected chi connectivity index (χ1v) is 4.01. The van der Waals surface area contributed by atoms with Gasteiger partial charge in [0.15, 0.2) is 0 Å². The topological polar surface area (TPSA) is 26.3 Å². The van der Waals surface area contributed by atoms with Gasteiger partial charge in [-0.3, -0.25) is 0 Å². The predicted molar refractivity (Wildman–Crippen MR) is 53.0 cm³/mol. The third kappa shape index (κ3) is 2.27. The van der Waals surface area contributed by atoms with Gasteiger partial charge in [-0.25, -0.2) is 4.79 Å². The Labute approximate surface area is 82.3 Å². The van der Waals surface area contributed by atoms with Gasteiger partial charge in [-0.05, 0) is 18.2 Å². The molecule has 0 bridgehead atoms. The first kappa shape index (κ1) is 9.69. The molecule has 3 heteroatoms. The molecule has 0 unspecified atom stereocenters. The average molecular weight is 192 g/mol. The first-order valence-electron chi connectivity index (χ1n) is 3.56. The highest BCUT2D eigenvalue weighted by molar-refractivity contribution is 7.80. The molecule has 1 aromatic rings. The van der Waals surface area contributed by atoms with Gasteiger partial charge in [0.05, 0.1) is 12.7 Å². The van der Waals surface area contributed by atoms with E-state index in [2.05, 4.69) is 23.3 Å². The Morgan fingerprint density at radius 3 is 2.77 bits per heavy atom. The van der Waals surface area contributed by atoms with Gasteiger partial charge in [0.1, 0.15) is 0 Å². The third-order valence-corrected chi connectivity index (χ3v) is 1.76. The van der Waals surface area contributed by atoms with Gasteiger partial charge in [-0.1, -0.05) is 5.92 Å². The van der Waals surface area contributed by atoms with Gasteiger partial charge >= 0.3 is 5.97 Å². The molecule has 0 N–H and O–H groups in total. The summed E-state index contributed by atoms with van der Waals surface area (Å²) in [5.41, 5.74) is 1.04. The zero-order valence-corrected chi connectivity index (χ0v) is 7.97. The van der Waals surface area contributed by atoms with E-state index < -0.39 is 5.97 Å². The molecule has 0 heterocycles. The van der Waals surface area contributed by atoms with Crippen LogP contribution in [-0.4, -0.2) is 13.1 Å². The van der Waals surface area contributed by atoms with Crippen LogP contribution < -0.4 is 0 Å². The molecule has 66 valence electrons. The molecule has 0 aliphatic carbocycles. The molecular formula is C10H8O2S. The largest absolute Gasteiger partial charge is 0.465 e. The minimum Gasteiger partial charge on any atom is -0.465 e. The van der Waals surface area contributed by atoms with E-state index in [9.17, 15) is 4.79 Å². The summed E-state index contributed by atoms with van der Waals surface area (Å²) in [5, 5.41) is 0. The predicted octanol–water partition coefficient (Wildman–Crippen LogP) is 1.74. The lowest BCUT2D eigenvalue weighted by Crippen LogP contribution is -2.01. The van der Waals surface area contributed by atoms with E-state index in [-0.39, 0.29) is 0 Å². The summed E-state index contributed by atoms with van der Waals surface area (Å²) >= 11 is 4.11. The molecule has 0 saturated heterocycles. The molecule has 0 aliphatic heterocycles. The van der Waals surface area contributed by atoms with Crippen LogP contribution in [0.2, 0.25) is 0 Å². The zero-order valence-electron chi connectivity index (χ0n) is 7.07. The van der Waals surface area contributed by atoms with Crippen LogP contribution >= 0.6 is 12.6 Å². The normalized spacial score (nSPS) is 9.00. The summed E-state index contributed by atoms with van der Waals surface area (Å²) < 4.78 is 4.55. The molecule has 0 saturated carbocycles. The second-order valence-corrected chi connectivity index (χ2v) is 2.92. The van der Waals surface area contributed by atoms with Crippen molar-refractivity contribution in [1.82, 2.24) is 0 Å². The number of carbonyl (C=O) groups excluding carboxylic acids is 1. The molecule has 13 heavy (non-hydrogen) atoms. The van der Waals surface area contributed by atoms with Crippen molar-refractivity contribution in [2.45, 2.75) is 4.90 Å². The van der Waals surface area contributed by atoms with Gasteiger partial charge in [-0.15, -0.1) is 19.1 Å². The SMILES string of the molecule is C#Cc1cc(S)cc(C(=O)OC)c1. The fraction of sp³-hybridized carbons (Fsp3) is 0.100. The number of hydrogen-bond donors (Lipinski definition) is 1. The summed E-state index contributed by atoms with van der Waals surface area (Å²) in [6, 6.07) is 4.90. The maximum atomic E-state index is 11.1. The van der Waals surface area contributed by atoms with E-state index >= 15 is 0 Å². The highest BCUT2D eigenvalue weighted by atomic mass is 32.1. The zero-order chi connectivity index (χ0) is 9.84. The number of ether oxygens (including phenoxy) is 1. The third-order valence-electron chi connectivity index (χ3n) is 1.51. The van der Waals surface area contributed by atoms with E-state index in [0.717, 1.165) is 0 Å². The second kappa shape index (κ2) is 4.01. The van der Waals surface area contributed by atoms with Crippen LogP contribution in [0.5, 0.6) is 0 Å².